The van der Waals surface area contributed by atoms with Crippen molar-refractivity contribution in [2.24, 2.45) is 11.8 Å². The Balaban J connectivity index is 1.71. The predicted octanol–water partition coefficient (Wildman–Crippen LogP) is 4.78. The highest BCUT2D eigenvalue weighted by molar-refractivity contribution is 5.27. The number of hydrogen-bond donors (Lipinski definition) is 1. The first kappa shape index (κ1) is 16.4. The lowest BCUT2D eigenvalue weighted by molar-refractivity contribution is 0.289. The molecule has 0 aliphatic heterocycles. The van der Waals surface area contributed by atoms with Gasteiger partial charge < -0.3 is 10.1 Å². The van der Waals surface area contributed by atoms with Crippen molar-refractivity contribution in [2.45, 2.75) is 65.5 Å². The average molecular weight is 289 g/mol. The third-order valence-electron chi connectivity index (χ3n) is 4.62. The molecular formula is C19H31NO. The van der Waals surface area contributed by atoms with Crippen molar-refractivity contribution in [2.75, 3.05) is 6.61 Å². The number of ether oxygens (including phenoxy) is 1. The molecule has 2 nitrogen and oxygen atoms in total. The van der Waals surface area contributed by atoms with Gasteiger partial charge in [-0.2, -0.15) is 0 Å². The lowest BCUT2D eigenvalue weighted by atomic mass is 9.99. The van der Waals surface area contributed by atoms with Crippen molar-refractivity contribution >= 4 is 0 Å². The first-order valence-electron chi connectivity index (χ1n) is 8.60. The highest BCUT2D eigenvalue weighted by Crippen LogP contribution is 2.27. The van der Waals surface area contributed by atoms with Gasteiger partial charge in [0.1, 0.15) is 5.75 Å². The van der Waals surface area contributed by atoms with E-state index in [2.05, 4.69) is 50.4 Å². The largest absolute Gasteiger partial charge is 0.494 e. The van der Waals surface area contributed by atoms with E-state index in [-0.39, 0.29) is 0 Å². The first-order chi connectivity index (χ1) is 10.1. The van der Waals surface area contributed by atoms with Crippen LogP contribution in [0.3, 0.4) is 0 Å². The van der Waals surface area contributed by atoms with E-state index in [1.54, 1.807) is 0 Å². The van der Waals surface area contributed by atoms with Gasteiger partial charge >= 0.3 is 0 Å². The minimum atomic E-state index is 0.634. The van der Waals surface area contributed by atoms with Crippen LogP contribution in [-0.2, 0) is 6.54 Å². The van der Waals surface area contributed by atoms with E-state index in [0.717, 1.165) is 31.2 Å². The van der Waals surface area contributed by atoms with Gasteiger partial charge in [-0.15, -0.1) is 0 Å². The average Bonchev–Trinajstić information content (AvgIpc) is 3.00. The van der Waals surface area contributed by atoms with Crippen molar-refractivity contribution in [1.29, 1.82) is 0 Å². The Morgan fingerprint density at radius 3 is 2.38 bits per heavy atom. The van der Waals surface area contributed by atoms with Crippen LogP contribution in [0.25, 0.3) is 0 Å². The van der Waals surface area contributed by atoms with Gasteiger partial charge in [-0.1, -0.05) is 38.8 Å². The molecule has 0 heterocycles. The Labute approximate surface area is 130 Å². The number of rotatable bonds is 8. The summed E-state index contributed by atoms with van der Waals surface area (Å²) in [5, 5.41) is 3.68. The molecule has 1 aromatic carbocycles. The van der Waals surface area contributed by atoms with Crippen LogP contribution in [0.2, 0.25) is 0 Å². The van der Waals surface area contributed by atoms with Gasteiger partial charge in [0.2, 0.25) is 0 Å². The lowest BCUT2D eigenvalue weighted by Gasteiger charge is -2.20. The molecule has 2 heteroatoms. The minimum Gasteiger partial charge on any atom is -0.494 e. The first-order valence-corrected chi connectivity index (χ1v) is 8.60. The zero-order valence-corrected chi connectivity index (χ0v) is 13.9. The molecule has 0 spiro atoms. The van der Waals surface area contributed by atoms with Crippen molar-refractivity contribution in [3.05, 3.63) is 29.8 Å². The Morgan fingerprint density at radius 2 is 1.76 bits per heavy atom. The summed E-state index contributed by atoms with van der Waals surface area (Å²) in [6.45, 7) is 8.56. The molecule has 1 saturated carbocycles. The van der Waals surface area contributed by atoms with Gasteiger partial charge in [-0.25, -0.2) is 0 Å². The quantitative estimate of drug-likeness (QED) is 0.743. The summed E-state index contributed by atoms with van der Waals surface area (Å²) in [7, 11) is 0. The molecule has 21 heavy (non-hydrogen) atoms. The van der Waals surface area contributed by atoms with Crippen molar-refractivity contribution in [1.82, 2.24) is 5.32 Å². The fourth-order valence-corrected chi connectivity index (χ4v) is 3.02. The molecule has 1 aliphatic rings. The molecule has 0 amide bonds. The van der Waals surface area contributed by atoms with Crippen LogP contribution in [0.4, 0.5) is 0 Å². The van der Waals surface area contributed by atoms with E-state index in [4.69, 9.17) is 4.74 Å². The molecule has 118 valence electrons. The zero-order valence-electron chi connectivity index (χ0n) is 13.9. The van der Waals surface area contributed by atoms with Gasteiger partial charge in [0, 0.05) is 12.6 Å². The number of hydrogen-bond acceptors (Lipinski definition) is 2. The second kappa shape index (κ2) is 8.43. The maximum absolute atomic E-state index is 5.76. The molecule has 0 saturated heterocycles. The summed E-state index contributed by atoms with van der Waals surface area (Å²) in [6, 6.07) is 9.18. The van der Waals surface area contributed by atoms with Crippen LogP contribution >= 0.6 is 0 Å². The normalized spacial score (nSPS) is 17.3. The summed E-state index contributed by atoms with van der Waals surface area (Å²) in [5.74, 6) is 2.57. The van der Waals surface area contributed by atoms with E-state index < -0.39 is 0 Å². The summed E-state index contributed by atoms with van der Waals surface area (Å²) in [4.78, 5) is 0. The van der Waals surface area contributed by atoms with Crippen LogP contribution < -0.4 is 10.1 Å². The van der Waals surface area contributed by atoms with E-state index in [1.165, 1.54) is 31.2 Å². The van der Waals surface area contributed by atoms with E-state index in [1.807, 2.05) is 0 Å². The molecule has 0 aromatic heterocycles. The number of nitrogens with one attached hydrogen (secondary N) is 1. The summed E-state index contributed by atoms with van der Waals surface area (Å²) >= 11 is 0. The molecule has 0 radical (unpaired) electrons. The van der Waals surface area contributed by atoms with Gasteiger partial charge in [0.15, 0.2) is 0 Å². The summed E-state index contributed by atoms with van der Waals surface area (Å²) in [6.07, 6.45) is 6.74. The molecule has 1 N–H and O–H groups in total. The molecule has 1 atom stereocenters. The lowest BCUT2D eigenvalue weighted by Crippen LogP contribution is -2.31. The second-order valence-electron chi connectivity index (χ2n) is 6.89. The van der Waals surface area contributed by atoms with Crippen LogP contribution in [0.5, 0.6) is 5.75 Å². The third-order valence-corrected chi connectivity index (χ3v) is 4.62. The maximum atomic E-state index is 5.76. The van der Waals surface area contributed by atoms with Gasteiger partial charge in [-0.3, -0.25) is 0 Å². The van der Waals surface area contributed by atoms with Gasteiger partial charge in [-0.05, 0) is 55.7 Å². The second-order valence-corrected chi connectivity index (χ2v) is 6.89. The highest BCUT2D eigenvalue weighted by atomic mass is 16.5. The molecule has 1 aliphatic carbocycles. The minimum absolute atomic E-state index is 0.634. The Kier molecular flexibility index (Phi) is 6.56. The SMILES string of the molecule is CC(C)CCOc1ccc(CN[C@H](C)C2CCCC2)cc1. The summed E-state index contributed by atoms with van der Waals surface area (Å²) in [5.41, 5.74) is 1.34. The van der Waals surface area contributed by atoms with E-state index in [9.17, 15) is 0 Å². The van der Waals surface area contributed by atoms with Crippen molar-refractivity contribution in [3.63, 3.8) is 0 Å². The Hall–Kier alpha value is -1.02. The fraction of sp³-hybridized carbons (Fsp3) is 0.684. The monoisotopic (exact) mass is 289 g/mol. The standard InChI is InChI=1S/C19H31NO/c1-15(2)12-13-21-19-10-8-17(9-11-19)14-20-16(3)18-6-4-5-7-18/h8-11,15-16,18,20H,4-7,12-14H2,1-3H3/t16-/m1/s1. The fourth-order valence-electron chi connectivity index (χ4n) is 3.02. The van der Waals surface area contributed by atoms with E-state index in [0.29, 0.717) is 12.0 Å². The van der Waals surface area contributed by atoms with Gasteiger partial charge in [0.05, 0.1) is 6.61 Å². The van der Waals surface area contributed by atoms with Crippen LogP contribution in [0, 0.1) is 11.8 Å². The van der Waals surface area contributed by atoms with Crippen molar-refractivity contribution < 1.29 is 4.74 Å². The smallest absolute Gasteiger partial charge is 0.119 e. The molecule has 1 fully saturated rings. The Bertz CT molecular complexity index is 393. The van der Waals surface area contributed by atoms with Gasteiger partial charge in [0.25, 0.3) is 0 Å². The molecule has 0 unspecified atom stereocenters. The summed E-state index contributed by atoms with van der Waals surface area (Å²) < 4.78 is 5.76. The van der Waals surface area contributed by atoms with E-state index >= 15 is 0 Å². The Morgan fingerprint density at radius 1 is 1.10 bits per heavy atom. The van der Waals surface area contributed by atoms with Crippen LogP contribution in [0.15, 0.2) is 24.3 Å². The highest BCUT2D eigenvalue weighted by Gasteiger charge is 2.20. The topological polar surface area (TPSA) is 21.3 Å². The molecular weight excluding hydrogens is 258 g/mol. The van der Waals surface area contributed by atoms with Crippen molar-refractivity contribution in [3.8, 4) is 5.75 Å². The maximum Gasteiger partial charge on any atom is 0.119 e. The third kappa shape index (κ3) is 5.70. The van der Waals surface area contributed by atoms with Crippen LogP contribution in [0.1, 0.15) is 58.4 Å². The molecule has 1 aromatic rings. The predicted molar refractivity (Wildman–Crippen MR) is 89.7 cm³/mol. The van der Waals surface area contributed by atoms with Crippen LogP contribution in [-0.4, -0.2) is 12.6 Å². The molecule has 2 rings (SSSR count). The molecule has 0 bridgehead atoms. The number of benzene rings is 1. The zero-order chi connectivity index (χ0) is 15.1.